The molecular formula is C17H25N3O. The summed E-state index contributed by atoms with van der Waals surface area (Å²) in [6.07, 6.45) is 3.26. The zero-order chi connectivity index (χ0) is 14.7. The highest BCUT2D eigenvalue weighted by Gasteiger charge is 2.33. The summed E-state index contributed by atoms with van der Waals surface area (Å²) in [4.78, 5) is 0. The zero-order valence-corrected chi connectivity index (χ0v) is 13.1. The van der Waals surface area contributed by atoms with Gasteiger partial charge in [0.1, 0.15) is 0 Å². The molecule has 114 valence electrons. The molecule has 0 radical (unpaired) electrons. The molecule has 0 atom stereocenters. The molecule has 1 fully saturated rings. The van der Waals surface area contributed by atoms with Crippen LogP contribution in [0, 0.1) is 5.41 Å². The maximum atomic E-state index is 5.58. The number of aryl methyl sites for hydroxylation is 1. The first-order valence-corrected chi connectivity index (χ1v) is 7.93. The van der Waals surface area contributed by atoms with Gasteiger partial charge in [-0.2, -0.15) is 5.10 Å². The van der Waals surface area contributed by atoms with Gasteiger partial charge in [0, 0.05) is 32.2 Å². The normalized spacial score (nSPS) is 18.2. The second-order valence-electron chi connectivity index (χ2n) is 6.16. The highest BCUT2D eigenvalue weighted by molar-refractivity contribution is 5.81. The lowest BCUT2D eigenvalue weighted by molar-refractivity contribution is 0.0148. The second kappa shape index (κ2) is 6.16. The van der Waals surface area contributed by atoms with Crippen LogP contribution in [-0.2, 0) is 18.2 Å². The molecule has 1 aromatic heterocycles. The smallest absolute Gasteiger partial charge is 0.0709 e. The van der Waals surface area contributed by atoms with Crippen LogP contribution in [0.25, 0.3) is 10.9 Å². The monoisotopic (exact) mass is 287 g/mol. The van der Waals surface area contributed by atoms with Crippen molar-refractivity contribution >= 4 is 10.9 Å². The summed E-state index contributed by atoms with van der Waals surface area (Å²) in [6, 6.07) is 8.52. The molecule has 0 spiro atoms. The summed E-state index contributed by atoms with van der Waals surface area (Å²) in [5.41, 5.74) is 2.73. The van der Waals surface area contributed by atoms with Gasteiger partial charge in [-0.3, -0.25) is 4.68 Å². The fourth-order valence-electron chi connectivity index (χ4n) is 3.39. The minimum atomic E-state index is 0.283. The van der Waals surface area contributed by atoms with Gasteiger partial charge in [-0.15, -0.1) is 0 Å². The van der Waals surface area contributed by atoms with Crippen molar-refractivity contribution in [1.29, 1.82) is 0 Å². The number of benzene rings is 1. The first kappa shape index (κ1) is 14.5. The number of rotatable bonds is 5. The Balaban J connectivity index is 1.90. The first-order chi connectivity index (χ1) is 10.2. The molecule has 1 aromatic carbocycles. The van der Waals surface area contributed by atoms with E-state index in [1.54, 1.807) is 0 Å². The standard InChI is InChI=1S/C17H25N3O/c1-3-18-13-17(8-10-21-11-9-17)12-15-14-6-4-5-7-16(14)20(2)19-15/h4-7,18H,3,8-13H2,1-2H3. The van der Waals surface area contributed by atoms with Gasteiger partial charge in [-0.05, 0) is 37.3 Å². The molecule has 2 aromatic rings. The van der Waals surface area contributed by atoms with Gasteiger partial charge in [0.05, 0.1) is 11.2 Å². The molecular weight excluding hydrogens is 262 g/mol. The van der Waals surface area contributed by atoms with Gasteiger partial charge in [0.2, 0.25) is 0 Å². The Morgan fingerprint density at radius 2 is 2.05 bits per heavy atom. The van der Waals surface area contributed by atoms with E-state index in [-0.39, 0.29) is 5.41 Å². The lowest BCUT2D eigenvalue weighted by atomic mass is 9.76. The van der Waals surface area contributed by atoms with Gasteiger partial charge in [0.25, 0.3) is 0 Å². The molecule has 0 unspecified atom stereocenters. The van der Waals surface area contributed by atoms with E-state index >= 15 is 0 Å². The van der Waals surface area contributed by atoms with Crippen LogP contribution in [0.2, 0.25) is 0 Å². The van der Waals surface area contributed by atoms with Gasteiger partial charge in [0.15, 0.2) is 0 Å². The third-order valence-corrected chi connectivity index (χ3v) is 4.68. The zero-order valence-electron chi connectivity index (χ0n) is 13.1. The van der Waals surface area contributed by atoms with Crippen molar-refractivity contribution in [2.24, 2.45) is 12.5 Å². The summed E-state index contributed by atoms with van der Waals surface area (Å²) in [6.45, 7) is 5.98. The van der Waals surface area contributed by atoms with Crippen molar-refractivity contribution in [2.75, 3.05) is 26.3 Å². The molecule has 21 heavy (non-hydrogen) atoms. The Kier molecular flexibility index (Phi) is 4.27. The van der Waals surface area contributed by atoms with Gasteiger partial charge < -0.3 is 10.1 Å². The number of aromatic nitrogens is 2. The predicted molar refractivity (Wildman–Crippen MR) is 85.4 cm³/mol. The molecule has 4 nitrogen and oxygen atoms in total. The predicted octanol–water partition coefficient (Wildman–Crippen LogP) is 2.52. The molecule has 0 aliphatic carbocycles. The minimum absolute atomic E-state index is 0.283. The van der Waals surface area contributed by atoms with Crippen LogP contribution in [-0.4, -0.2) is 36.1 Å². The number of hydrogen-bond donors (Lipinski definition) is 1. The average molecular weight is 287 g/mol. The van der Waals surface area contributed by atoms with Crippen molar-refractivity contribution in [3.8, 4) is 0 Å². The topological polar surface area (TPSA) is 39.1 Å². The highest BCUT2D eigenvalue weighted by atomic mass is 16.5. The fraction of sp³-hybridized carbons (Fsp3) is 0.588. The molecule has 0 saturated carbocycles. The third kappa shape index (κ3) is 2.97. The molecule has 2 heterocycles. The number of nitrogens with one attached hydrogen (secondary N) is 1. The average Bonchev–Trinajstić information content (AvgIpc) is 2.83. The van der Waals surface area contributed by atoms with E-state index in [1.807, 2.05) is 11.7 Å². The minimum Gasteiger partial charge on any atom is -0.381 e. The molecule has 1 N–H and O–H groups in total. The lowest BCUT2D eigenvalue weighted by Crippen LogP contribution is -2.41. The summed E-state index contributed by atoms with van der Waals surface area (Å²) in [5, 5.41) is 9.62. The van der Waals surface area contributed by atoms with Crippen molar-refractivity contribution in [3.05, 3.63) is 30.0 Å². The SMILES string of the molecule is CCNCC1(Cc2nn(C)c3ccccc23)CCOCC1. The van der Waals surface area contributed by atoms with Gasteiger partial charge >= 0.3 is 0 Å². The molecule has 0 bridgehead atoms. The molecule has 1 saturated heterocycles. The van der Waals surface area contributed by atoms with E-state index < -0.39 is 0 Å². The number of ether oxygens (including phenoxy) is 1. The van der Waals surface area contributed by atoms with Crippen LogP contribution in [0.3, 0.4) is 0 Å². The summed E-state index contributed by atoms with van der Waals surface area (Å²) < 4.78 is 7.59. The van der Waals surface area contributed by atoms with Crippen molar-refractivity contribution in [1.82, 2.24) is 15.1 Å². The van der Waals surface area contributed by atoms with E-state index in [0.717, 1.165) is 45.6 Å². The first-order valence-electron chi connectivity index (χ1n) is 7.93. The number of hydrogen-bond acceptors (Lipinski definition) is 3. The van der Waals surface area contributed by atoms with E-state index in [4.69, 9.17) is 9.84 Å². The fourth-order valence-corrected chi connectivity index (χ4v) is 3.39. The van der Waals surface area contributed by atoms with E-state index in [1.165, 1.54) is 16.6 Å². The Bertz CT molecular complexity index is 599. The number of nitrogens with zero attached hydrogens (tertiary/aromatic N) is 2. The molecule has 4 heteroatoms. The molecule has 3 rings (SSSR count). The Morgan fingerprint density at radius 3 is 2.81 bits per heavy atom. The van der Waals surface area contributed by atoms with Crippen LogP contribution in [0.4, 0.5) is 0 Å². The number of para-hydroxylation sites is 1. The molecule has 1 aliphatic heterocycles. The quantitative estimate of drug-likeness (QED) is 0.918. The van der Waals surface area contributed by atoms with Crippen molar-refractivity contribution < 1.29 is 4.74 Å². The van der Waals surface area contributed by atoms with E-state index in [9.17, 15) is 0 Å². The summed E-state index contributed by atoms with van der Waals surface area (Å²) >= 11 is 0. The maximum absolute atomic E-state index is 5.58. The van der Waals surface area contributed by atoms with Crippen LogP contribution in [0.1, 0.15) is 25.5 Å². The van der Waals surface area contributed by atoms with Crippen LogP contribution >= 0.6 is 0 Å². The van der Waals surface area contributed by atoms with E-state index in [2.05, 4.69) is 36.5 Å². The Labute approximate surface area is 126 Å². The van der Waals surface area contributed by atoms with Crippen LogP contribution < -0.4 is 5.32 Å². The van der Waals surface area contributed by atoms with Crippen LogP contribution in [0.15, 0.2) is 24.3 Å². The van der Waals surface area contributed by atoms with Crippen molar-refractivity contribution in [3.63, 3.8) is 0 Å². The molecule has 1 aliphatic rings. The number of fused-ring (bicyclic) bond motifs is 1. The van der Waals surface area contributed by atoms with Gasteiger partial charge in [-0.1, -0.05) is 25.1 Å². The molecule has 0 amide bonds. The Hall–Kier alpha value is -1.39. The third-order valence-electron chi connectivity index (χ3n) is 4.68. The summed E-state index contributed by atoms with van der Waals surface area (Å²) in [5.74, 6) is 0. The highest BCUT2D eigenvalue weighted by Crippen LogP contribution is 2.35. The second-order valence-corrected chi connectivity index (χ2v) is 6.16. The maximum Gasteiger partial charge on any atom is 0.0709 e. The summed E-state index contributed by atoms with van der Waals surface area (Å²) in [7, 11) is 2.03. The lowest BCUT2D eigenvalue weighted by Gasteiger charge is -2.37. The largest absolute Gasteiger partial charge is 0.381 e. The van der Waals surface area contributed by atoms with Crippen molar-refractivity contribution in [2.45, 2.75) is 26.2 Å². The van der Waals surface area contributed by atoms with Crippen LogP contribution in [0.5, 0.6) is 0 Å². The Morgan fingerprint density at radius 1 is 1.29 bits per heavy atom. The van der Waals surface area contributed by atoms with E-state index in [0.29, 0.717) is 0 Å². The van der Waals surface area contributed by atoms with Gasteiger partial charge in [-0.25, -0.2) is 0 Å².